The fraction of sp³-hybridized carbons (Fsp3) is 0.650. The maximum absolute atomic E-state index is 12.9. The number of ether oxygens (including phenoxy) is 1. The van der Waals surface area contributed by atoms with Crippen molar-refractivity contribution in [1.82, 2.24) is 9.80 Å². The van der Waals surface area contributed by atoms with Gasteiger partial charge in [0.1, 0.15) is 11.5 Å². The van der Waals surface area contributed by atoms with Gasteiger partial charge in [-0.3, -0.25) is 14.6 Å². The maximum Gasteiger partial charge on any atom is 0.313 e. The zero-order chi connectivity index (χ0) is 17.9. The summed E-state index contributed by atoms with van der Waals surface area (Å²) in [6.45, 7) is 13.4. The molecule has 0 spiro atoms. The Bertz CT molecular complexity index is 612. The highest BCUT2D eigenvalue weighted by Gasteiger charge is 2.53. The summed E-state index contributed by atoms with van der Waals surface area (Å²) in [6.07, 6.45) is 3.84. The van der Waals surface area contributed by atoms with Gasteiger partial charge in [0.2, 0.25) is 0 Å². The second-order valence-electron chi connectivity index (χ2n) is 7.41. The molecule has 2 aliphatic heterocycles. The third kappa shape index (κ3) is 3.82. The van der Waals surface area contributed by atoms with Gasteiger partial charge in [-0.05, 0) is 45.4 Å². The molecular weight excluding hydrogens is 316 g/mol. The van der Waals surface area contributed by atoms with Crippen molar-refractivity contribution >= 4 is 5.97 Å². The summed E-state index contributed by atoms with van der Waals surface area (Å²) in [6, 6.07) is 4.06. The third-order valence-electron chi connectivity index (χ3n) is 5.59. The summed E-state index contributed by atoms with van der Waals surface area (Å²) in [7, 11) is 0. The van der Waals surface area contributed by atoms with Gasteiger partial charge in [-0.15, -0.1) is 6.58 Å². The molecule has 25 heavy (non-hydrogen) atoms. The van der Waals surface area contributed by atoms with Crippen molar-refractivity contribution in [3.8, 4) is 0 Å². The van der Waals surface area contributed by atoms with E-state index in [0.717, 1.165) is 63.6 Å². The van der Waals surface area contributed by atoms with Crippen molar-refractivity contribution in [2.75, 3.05) is 39.3 Å². The number of hydrogen-bond acceptors (Lipinski definition) is 5. The van der Waals surface area contributed by atoms with E-state index in [-0.39, 0.29) is 11.4 Å². The number of hydrogen-bond donors (Lipinski definition) is 0. The van der Waals surface area contributed by atoms with E-state index < -0.39 is 0 Å². The molecule has 0 saturated carbocycles. The van der Waals surface area contributed by atoms with E-state index in [1.54, 1.807) is 0 Å². The SMILES string of the molecule is C=CCN1C[C@H]2CN(Cc3ccc(C)o3)CCC[C@@]2(C(=O)OCC)C1. The molecule has 0 unspecified atom stereocenters. The first kappa shape index (κ1) is 18.2. The fourth-order valence-electron chi connectivity index (χ4n) is 4.48. The molecule has 0 amide bonds. The molecule has 5 nitrogen and oxygen atoms in total. The molecular formula is C20H30N2O3. The number of carbonyl (C=O) groups excluding carboxylic acids is 1. The highest BCUT2D eigenvalue weighted by molar-refractivity contribution is 5.78. The van der Waals surface area contributed by atoms with Gasteiger partial charge >= 0.3 is 5.97 Å². The molecule has 2 fully saturated rings. The van der Waals surface area contributed by atoms with Gasteiger partial charge in [-0.2, -0.15) is 0 Å². The molecule has 0 radical (unpaired) electrons. The zero-order valence-electron chi connectivity index (χ0n) is 15.5. The summed E-state index contributed by atoms with van der Waals surface area (Å²) >= 11 is 0. The number of nitrogens with zero attached hydrogens (tertiary/aromatic N) is 2. The van der Waals surface area contributed by atoms with Crippen LogP contribution in [0.25, 0.3) is 0 Å². The molecule has 2 saturated heterocycles. The Kier molecular flexibility index (Phi) is 5.64. The Morgan fingerprint density at radius 3 is 2.92 bits per heavy atom. The number of fused-ring (bicyclic) bond motifs is 1. The number of rotatable bonds is 6. The molecule has 3 heterocycles. The highest BCUT2D eigenvalue weighted by atomic mass is 16.5. The molecule has 0 bridgehead atoms. The highest BCUT2D eigenvalue weighted by Crippen LogP contribution is 2.43. The Hall–Kier alpha value is -1.59. The largest absolute Gasteiger partial charge is 0.466 e. The van der Waals surface area contributed by atoms with Crippen molar-refractivity contribution in [2.45, 2.75) is 33.2 Å². The van der Waals surface area contributed by atoms with E-state index in [9.17, 15) is 4.79 Å². The predicted molar refractivity (Wildman–Crippen MR) is 97.1 cm³/mol. The van der Waals surface area contributed by atoms with Crippen LogP contribution in [0, 0.1) is 18.3 Å². The van der Waals surface area contributed by atoms with Crippen LogP contribution < -0.4 is 0 Å². The van der Waals surface area contributed by atoms with Crippen LogP contribution >= 0.6 is 0 Å². The summed E-state index contributed by atoms with van der Waals surface area (Å²) in [5, 5.41) is 0. The average molecular weight is 346 g/mol. The zero-order valence-corrected chi connectivity index (χ0v) is 15.5. The average Bonchev–Trinajstić information content (AvgIpc) is 3.08. The summed E-state index contributed by atoms with van der Waals surface area (Å²) in [5.41, 5.74) is -0.368. The Morgan fingerprint density at radius 2 is 2.24 bits per heavy atom. The molecule has 5 heteroatoms. The van der Waals surface area contributed by atoms with E-state index in [2.05, 4.69) is 22.4 Å². The number of carbonyl (C=O) groups is 1. The molecule has 0 aliphatic carbocycles. The topological polar surface area (TPSA) is 45.9 Å². The van der Waals surface area contributed by atoms with E-state index >= 15 is 0 Å². The minimum Gasteiger partial charge on any atom is -0.466 e. The summed E-state index contributed by atoms with van der Waals surface area (Å²) in [4.78, 5) is 17.6. The predicted octanol–water partition coefficient (Wildman–Crippen LogP) is 2.85. The van der Waals surface area contributed by atoms with Crippen LogP contribution in [0.2, 0.25) is 0 Å². The first-order valence-electron chi connectivity index (χ1n) is 9.35. The van der Waals surface area contributed by atoms with Crippen molar-refractivity contribution in [3.05, 3.63) is 36.3 Å². The van der Waals surface area contributed by atoms with E-state index in [0.29, 0.717) is 12.5 Å². The molecule has 2 aliphatic rings. The van der Waals surface area contributed by atoms with Crippen LogP contribution in [0.3, 0.4) is 0 Å². The van der Waals surface area contributed by atoms with Crippen molar-refractivity contribution in [3.63, 3.8) is 0 Å². The third-order valence-corrected chi connectivity index (χ3v) is 5.59. The van der Waals surface area contributed by atoms with Crippen molar-refractivity contribution in [1.29, 1.82) is 0 Å². The van der Waals surface area contributed by atoms with Gasteiger partial charge in [0.15, 0.2) is 0 Å². The van der Waals surface area contributed by atoms with Crippen LogP contribution in [0.4, 0.5) is 0 Å². The lowest BCUT2D eigenvalue weighted by Crippen LogP contribution is -2.42. The Labute approximate surface area is 150 Å². The van der Waals surface area contributed by atoms with Gasteiger partial charge in [0, 0.05) is 32.1 Å². The van der Waals surface area contributed by atoms with Gasteiger partial charge in [-0.25, -0.2) is 0 Å². The maximum atomic E-state index is 12.9. The lowest BCUT2D eigenvalue weighted by molar-refractivity contribution is -0.157. The van der Waals surface area contributed by atoms with Crippen molar-refractivity contribution in [2.24, 2.45) is 11.3 Å². The van der Waals surface area contributed by atoms with Gasteiger partial charge in [-0.1, -0.05) is 6.08 Å². The summed E-state index contributed by atoms with van der Waals surface area (Å²) in [5.74, 6) is 2.23. The van der Waals surface area contributed by atoms with Crippen molar-refractivity contribution < 1.29 is 13.9 Å². The molecule has 138 valence electrons. The quantitative estimate of drug-likeness (QED) is 0.585. The van der Waals surface area contributed by atoms with Gasteiger partial charge in [0.25, 0.3) is 0 Å². The molecule has 2 atom stereocenters. The monoisotopic (exact) mass is 346 g/mol. The van der Waals surface area contributed by atoms with Crippen LogP contribution in [0.5, 0.6) is 0 Å². The number of likely N-dealkylation sites (tertiary alicyclic amines) is 2. The number of esters is 1. The molecule has 1 aromatic heterocycles. The van der Waals surface area contributed by atoms with Crippen LogP contribution in [0.15, 0.2) is 29.2 Å². The summed E-state index contributed by atoms with van der Waals surface area (Å²) < 4.78 is 11.2. The first-order chi connectivity index (χ1) is 12.1. The standard InChI is InChI=1S/C20H30N2O3/c1-4-10-22-13-17-12-21(14-18-8-7-16(3)25-18)11-6-9-20(17,15-22)19(23)24-5-2/h4,7-8,17H,1,5-6,9-15H2,2-3H3/t17-,20-/m1/s1. The fourth-order valence-corrected chi connectivity index (χ4v) is 4.48. The molecule has 0 aromatic carbocycles. The normalized spacial score (nSPS) is 27.7. The second kappa shape index (κ2) is 7.75. The van der Waals surface area contributed by atoms with E-state index in [1.807, 2.05) is 26.0 Å². The Morgan fingerprint density at radius 1 is 1.44 bits per heavy atom. The first-order valence-corrected chi connectivity index (χ1v) is 9.35. The molecule has 1 aromatic rings. The smallest absolute Gasteiger partial charge is 0.313 e. The van der Waals surface area contributed by atoms with Crippen LogP contribution in [-0.4, -0.2) is 55.1 Å². The van der Waals surface area contributed by atoms with Gasteiger partial charge in [0.05, 0.1) is 18.6 Å². The number of aryl methyl sites for hydroxylation is 1. The molecule has 0 N–H and O–H groups in total. The molecule has 3 rings (SSSR count). The van der Waals surface area contributed by atoms with Crippen LogP contribution in [0.1, 0.15) is 31.3 Å². The van der Waals surface area contributed by atoms with Gasteiger partial charge < -0.3 is 9.15 Å². The lowest BCUT2D eigenvalue weighted by Gasteiger charge is -2.31. The lowest BCUT2D eigenvalue weighted by atomic mass is 9.75. The van der Waals surface area contributed by atoms with Crippen LogP contribution in [-0.2, 0) is 16.1 Å². The Balaban J connectivity index is 1.77. The number of furan rings is 1. The minimum absolute atomic E-state index is 0.0118. The van der Waals surface area contributed by atoms with E-state index in [4.69, 9.17) is 9.15 Å². The minimum atomic E-state index is -0.368. The second-order valence-corrected chi connectivity index (χ2v) is 7.41. The van der Waals surface area contributed by atoms with E-state index in [1.165, 1.54) is 0 Å².